The molecule has 0 bridgehead atoms. The lowest BCUT2D eigenvalue weighted by molar-refractivity contribution is 0.371. The second-order valence-corrected chi connectivity index (χ2v) is 5.78. The summed E-state index contributed by atoms with van der Waals surface area (Å²) in [5.41, 5.74) is 0.758. The summed E-state index contributed by atoms with van der Waals surface area (Å²) in [5, 5.41) is 3.52. The molecule has 112 valence electrons. The fraction of sp³-hybridized carbons (Fsp3) is 0.647. The van der Waals surface area contributed by atoms with E-state index in [1.54, 1.807) is 6.07 Å². The van der Waals surface area contributed by atoms with Gasteiger partial charge in [0.1, 0.15) is 0 Å². The zero-order valence-corrected chi connectivity index (χ0v) is 12.6. The first kappa shape index (κ1) is 15.3. The highest BCUT2D eigenvalue weighted by atomic mass is 19.1. The normalized spacial score (nSPS) is 17.4. The Morgan fingerprint density at radius 2 is 2.10 bits per heavy atom. The van der Waals surface area contributed by atoms with E-state index in [1.807, 2.05) is 12.1 Å². The Balaban J connectivity index is 2.03. The molecule has 1 N–H and O–H groups in total. The van der Waals surface area contributed by atoms with E-state index in [1.165, 1.54) is 32.8 Å². The molecule has 2 nitrogen and oxygen atoms in total. The third kappa shape index (κ3) is 3.95. The SMILES string of the molecule is CCNC(Cc1cccc(OC)c1F)CC1CCCC1. The number of halogens is 1. The monoisotopic (exact) mass is 279 g/mol. The van der Waals surface area contributed by atoms with Gasteiger partial charge in [-0.3, -0.25) is 0 Å². The van der Waals surface area contributed by atoms with Crippen LogP contribution >= 0.6 is 0 Å². The maximum atomic E-state index is 14.2. The van der Waals surface area contributed by atoms with Crippen LogP contribution in [0.4, 0.5) is 4.39 Å². The summed E-state index contributed by atoms with van der Waals surface area (Å²) >= 11 is 0. The highest BCUT2D eigenvalue weighted by Gasteiger charge is 2.21. The van der Waals surface area contributed by atoms with Gasteiger partial charge in [0.2, 0.25) is 0 Å². The molecular weight excluding hydrogens is 253 g/mol. The second-order valence-electron chi connectivity index (χ2n) is 5.78. The summed E-state index contributed by atoms with van der Waals surface area (Å²) in [6, 6.07) is 5.79. The number of hydrogen-bond donors (Lipinski definition) is 1. The van der Waals surface area contributed by atoms with Crippen molar-refractivity contribution < 1.29 is 9.13 Å². The lowest BCUT2D eigenvalue weighted by Crippen LogP contribution is -2.33. The zero-order valence-electron chi connectivity index (χ0n) is 12.6. The number of likely N-dealkylation sites (N-methyl/N-ethyl adjacent to an activating group) is 1. The molecule has 0 amide bonds. The third-order valence-electron chi connectivity index (χ3n) is 4.31. The van der Waals surface area contributed by atoms with Gasteiger partial charge < -0.3 is 10.1 Å². The molecule has 1 aromatic rings. The van der Waals surface area contributed by atoms with Crippen LogP contribution in [0.1, 0.15) is 44.6 Å². The van der Waals surface area contributed by atoms with Gasteiger partial charge in [-0.25, -0.2) is 4.39 Å². The topological polar surface area (TPSA) is 21.3 Å². The standard InChI is InChI=1S/C17H26FNO/c1-3-19-15(11-13-7-4-5-8-13)12-14-9-6-10-16(20-2)17(14)18/h6,9-10,13,15,19H,3-5,7-8,11-12H2,1-2H3. The van der Waals surface area contributed by atoms with Crippen LogP contribution in [-0.2, 0) is 6.42 Å². The summed E-state index contributed by atoms with van der Waals surface area (Å²) in [4.78, 5) is 0. The van der Waals surface area contributed by atoms with Crippen molar-refractivity contribution in [3.8, 4) is 5.75 Å². The summed E-state index contributed by atoms with van der Waals surface area (Å²) < 4.78 is 19.3. The van der Waals surface area contributed by atoms with Crippen molar-refractivity contribution in [1.29, 1.82) is 0 Å². The molecule has 1 aromatic carbocycles. The van der Waals surface area contributed by atoms with Crippen molar-refractivity contribution in [3.05, 3.63) is 29.6 Å². The highest BCUT2D eigenvalue weighted by Crippen LogP contribution is 2.30. The van der Waals surface area contributed by atoms with Gasteiger partial charge in [0.15, 0.2) is 11.6 Å². The van der Waals surface area contributed by atoms with Gasteiger partial charge in [0.25, 0.3) is 0 Å². The van der Waals surface area contributed by atoms with Crippen LogP contribution < -0.4 is 10.1 Å². The van der Waals surface area contributed by atoms with Crippen molar-refractivity contribution in [2.24, 2.45) is 5.92 Å². The van der Waals surface area contributed by atoms with E-state index in [2.05, 4.69) is 12.2 Å². The van der Waals surface area contributed by atoms with Crippen LogP contribution in [0.25, 0.3) is 0 Å². The predicted octanol–water partition coefficient (Wildman–Crippen LogP) is 3.94. The molecule has 0 spiro atoms. The van der Waals surface area contributed by atoms with Gasteiger partial charge in [0, 0.05) is 6.04 Å². The molecule has 1 aliphatic carbocycles. The molecule has 1 saturated carbocycles. The first-order valence-electron chi connectivity index (χ1n) is 7.79. The fourth-order valence-electron chi connectivity index (χ4n) is 3.31. The van der Waals surface area contributed by atoms with E-state index >= 15 is 0 Å². The number of methoxy groups -OCH3 is 1. The average Bonchev–Trinajstić information content (AvgIpc) is 2.94. The molecule has 0 saturated heterocycles. The summed E-state index contributed by atoms with van der Waals surface area (Å²) in [5.74, 6) is 0.954. The minimum absolute atomic E-state index is 0.204. The number of ether oxygens (including phenoxy) is 1. The van der Waals surface area contributed by atoms with Crippen LogP contribution in [0.5, 0.6) is 5.75 Å². The predicted molar refractivity (Wildman–Crippen MR) is 80.7 cm³/mol. The molecule has 0 heterocycles. The second kappa shape index (κ2) is 7.63. The summed E-state index contributed by atoms with van der Waals surface area (Å²) in [7, 11) is 1.52. The smallest absolute Gasteiger partial charge is 0.168 e. The molecule has 0 aromatic heterocycles. The van der Waals surface area contributed by atoms with Crippen molar-refractivity contribution in [1.82, 2.24) is 5.32 Å². The van der Waals surface area contributed by atoms with Crippen LogP contribution in [0, 0.1) is 11.7 Å². The van der Waals surface area contributed by atoms with E-state index in [0.29, 0.717) is 11.8 Å². The van der Waals surface area contributed by atoms with E-state index < -0.39 is 0 Å². The molecule has 1 fully saturated rings. The minimum atomic E-state index is -0.204. The van der Waals surface area contributed by atoms with Gasteiger partial charge in [0.05, 0.1) is 7.11 Å². The Hall–Kier alpha value is -1.09. The molecule has 3 heteroatoms. The molecule has 0 radical (unpaired) electrons. The van der Waals surface area contributed by atoms with Gasteiger partial charge in [-0.15, -0.1) is 0 Å². The van der Waals surface area contributed by atoms with Crippen LogP contribution in [0.15, 0.2) is 18.2 Å². The maximum Gasteiger partial charge on any atom is 0.168 e. The van der Waals surface area contributed by atoms with Crippen molar-refractivity contribution in [2.45, 2.75) is 51.5 Å². The van der Waals surface area contributed by atoms with E-state index in [9.17, 15) is 4.39 Å². The Labute approximate surface area is 121 Å². The largest absolute Gasteiger partial charge is 0.494 e. The molecule has 0 aliphatic heterocycles. The molecule has 1 unspecified atom stereocenters. The zero-order chi connectivity index (χ0) is 14.4. The maximum absolute atomic E-state index is 14.2. The van der Waals surface area contributed by atoms with E-state index in [0.717, 1.165) is 30.9 Å². The average molecular weight is 279 g/mol. The number of benzene rings is 1. The van der Waals surface area contributed by atoms with E-state index in [-0.39, 0.29) is 5.82 Å². The minimum Gasteiger partial charge on any atom is -0.494 e. The number of hydrogen-bond acceptors (Lipinski definition) is 2. The van der Waals surface area contributed by atoms with Gasteiger partial charge >= 0.3 is 0 Å². The Morgan fingerprint density at radius 1 is 1.35 bits per heavy atom. The Kier molecular flexibility index (Phi) is 5.84. The molecule has 2 rings (SSSR count). The summed E-state index contributed by atoms with van der Waals surface area (Å²) in [6.45, 7) is 3.05. The lowest BCUT2D eigenvalue weighted by atomic mass is 9.93. The highest BCUT2D eigenvalue weighted by molar-refractivity contribution is 5.31. The first-order valence-corrected chi connectivity index (χ1v) is 7.79. The van der Waals surface area contributed by atoms with Crippen molar-refractivity contribution >= 4 is 0 Å². The first-order chi connectivity index (χ1) is 9.74. The lowest BCUT2D eigenvalue weighted by Gasteiger charge is -2.22. The van der Waals surface area contributed by atoms with Crippen LogP contribution in [0.3, 0.4) is 0 Å². The van der Waals surface area contributed by atoms with Gasteiger partial charge in [-0.05, 0) is 36.9 Å². The quantitative estimate of drug-likeness (QED) is 0.816. The fourth-order valence-corrected chi connectivity index (χ4v) is 3.31. The molecule has 1 aliphatic rings. The van der Waals surface area contributed by atoms with E-state index in [4.69, 9.17) is 4.74 Å². The Morgan fingerprint density at radius 3 is 2.75 bits per heavy atom. The van der Waals surface area contributed by atoms with Crippen molar-refractivity contribution in [3.63, 3.8) is 0 Å². The molecule has 1 atom stereocenters. The molecule has 20 heavy (non-hydrogen) atoms. The number of nitrogens with one attached hydrogen (secondary N) is 1. The summed E-state index contributed by atoms with van der Waals surface area (Å²) in [6.07, 6.45) is 7.29. The van der Waals surface area contributed by atoms with Crippen LogP contribution in [0.2, 0.25) is 0 Å². The third-order valence-corrected chi connectivity index (χ3v) is 4.31. The molecular formula is C17H26FNO. The Bertz CT molecular complexity index is 415. The van der Waals surface area contributed by atoms with Gasteiger partial charge in [-0.2, -0.15) is 0 Å². The number of rotatable bonds is 7. The van der Waals surface area contributed by atoms with Gasteiger partial charge in [-0.1, -0.05) is 44.7 Å². The van der Waals surface area contributed by atoms with Crippen molar-refractivity contribution in [2.75, 3.05) is 13.7 Å². The van der Waals surface area contributed by atoms with Crippen LogP contribution in [-0.4, -0.2) is 19.7 Å².